The van der Waals surface area contributed by atoms with E-state index in [1.54, 1.807) is 11.0 Å². The van der Waals surface area contributed by atoms with Gasteiger partial charge in [0.1, 0.15) is 0 Å². The number of halogens is 1. The second-order valence-electron chi connectivity index (χ2n) is 3.96. The van der Waals surface area contributed by atoms with Crippen LogP contribution in [-0.2, 0) is 0 Å². The maximum absolute atomic E-state index is 12.7. The Morgan fingerprint density at radius 1 is 1.50 bits per heavy atom. The third-order valence-electron chi connectivity index (χ3n) is 2.92. The van der Waals surface area contributed by atoms with Crippen LogP contribution in [0.25, 0.3) is 0 Å². The number of primary amides is 1. The molecule has 0 radical (unpaired) electrons. The Morgan fingerprint density at radius 3 is 2.94 bits per heavy atom. The average molecular weight is 223 g/mol. The second kappa shape index (κ2) is 4.47. The minimum Gasteiger partial charge on any atom is -0.351 e. The molecular weight excluding hydrogens is 209 g/mol. The van der Waals surface area contributed by atoms with E-state index in [0.29, 0.717) is 6.54 Å². The maximum atomic E-state index is 12.7. The van der Waals surface area contributed by atoms with Gasteiger partial charge in [-0.15, -0.1) is 0 Å². The quantitative estimate of drug-likeness (QED) is 0.738. The number of hydrogen-bond donors (Lipinski definition) is 1. The number of urea groups is 1. The molecule has 1 aliphatic rings. The molecule has 4 nitrogen and oxygen atoms in total. The summed E-state index contributed by atoms with van der Waals surface area (Å²) in [6.45, 7) is 0.664. The van der Waals surface area contributed by atoms with Crippen LogP contribution >= 0.6 is 0 Å². The standard InChI is InChI=1S/C11H14FN3O/c12-10-5-4-8(7-14-10)9-3-1-2-6-15(9)11(13)16/h4-5,7,9H,1-3,6H2,(H2,13,16). The Bertz CT molecular complexity index is 379. The average Bonchev–Trinajstić information content (AvgIpc) is 2.30. The number of aromatic nitrogens is 1. The molecule has 1 unspecified atom stereocenters. The summed E-state index contributed by atoms with van der Waals surface area (Å²) in [6, 6.07) is 2.49. The molecule has 2 heterocycles. The van der Waals surface area contributed by atoms with Crippen molar-refractivity contribution < 1.29 is 9.18 Å². The molecule has 0 spiro atoms. The highest BCUT2D eigenvalue weighted by molar-refractivity contribution is 5.72. The molecule has 0 aliphatic carbocycles. The smallest absolute Gasteiger partial charge is 0.315 e. The summed E-state index contributed by atoms with van der Waals surface area (Å²) in [6.07, 6.45) is 4.34. The number of pyridine rings is 1. The van der Waals surface area contributed by atoms with Gasteiger partial charge in [0.05, 0.1) is 6.04 Å². The lowest BCUT2D eigenvalue weighted by Gasteiger charge is -2.34. The Morgan fingerprint density at radius 2 is 2.31 bits per heavy atom. The van der Waals surface area contributed by atoms with Gasteiger partial charge in [-0.1, -0.05) is 6.07 Å². The van der Waals surface area contributed by atoms with Gasteiger partial charge in [-0.25, -0.2) is 9.78 Å². The Balaban J connectivity index is 2.23. The van der Waals surface area contributed by atoms with Gasteiger partial charge in [-0.2, -0.15) is 4.39 Å². The predicted molar refractivity (Wildman–Crippen MR) is 57.1 cm³/mol. The minimum absolute atomic E-state index is 0.0562. The van der Waals surface area contributed by atoms with Crippen molar-refractivity contribution in [1.29, 1.82) is 0 Å². The SMILES string of the molecule is NC(=O)N1CCCCC1c1ccc(F)nc1. The van der Waals surface area contributed by atoms with Crippen LogP contribution in [0, 0.1) is 5.95 Å². The minimum atomic E-state index is -0.509. The molecule has 0 saturated carbocycles. The molecule has 2 rings (SSSR count). The number of carbonyl (C=O) groups is 1. The van der Waals surface area contributed by atoms with Gasteiger partial charge in [-0.3, -0.25) is 0 Å². The molecule has 1 atom stereocenters. The van der Waals surface area contributed by atoms with Crippen LogP contribution in [0.4, 0.5) is 9.18 Å². The fourth-order valence-electron chi connectivity index (χ4n) is 2.13. The largest absolute Gasteiger partial charge is 0.351 e. The van der Waals surface area contributed by atoms with E-state index in [-0.39, 0.29) is 6.04 Å². The molecule has 1 saturated heterocycles. The van der Waals surface area contributed by atoms with Crippen LogP contribution < -0.4 is 5.73 Å². The fraction of sp³-hybridized carbons (Fsp3) is 0.455. The van der Waals surface area contributed by atoms with Crippen molar-refractivity contribution in [3.8, 4) is 0 Å². The van der Waals surface area contributed by atoms with Crippen LogP contribution in [0.2, 0.25) is 0 Å². The van der Waals surface area contributed by atoms with E-state index >= 15 is 0 Å². The number of piperidine rings is 1. The van der Waals surface area contributed by atoms with Gasteiger partial charge < -0.3 is 10.6 Å². The van der Waals surface area contributed by atoms with Crippen LogP contribution in [-0.4, -0.2) is 22.5 Å². The Labute approximate surface area is 93.3 Å². The second-order valence-corrected chi connectivity index (χ2v) is 3.96. The maximum Gasteiger partial charge on any atom is 0.315 e. The van der Waals surface area contributed by atoms with Crippen LogP contribution in [0.3, 0.4) is 0 Å². The summed E-state index contributed by atoms with van der Waals surface area (Å²) in [5.41, 5.74) is 6.16. The number of rotatable bonds is 1. The van der Waals surface area contributed by atoms with Crippen molar-refractivity contribution in [3.05, 3.63) is 29.8 Å². The topological polar surface area (TPSA) is 59.2 Å². The molecule has 1 aromatic heterocycles. The number of amides is 2. The normalized spacial score (nSPS) is 20.8. The van der Waals surface area contributed by atoms with Gasteiger partial charge in [0, 0.05) is 12.7 Å². The zero-order valence-corrected chi connectivity index (χ0v) is 8.90. The number of hydrogen-bond acceptors (Lipinski definition) is 2. The number of nitrogens with zero attached hydrogens (tertiary/aromatic N) is 2. The highest BCUT2D eigenvalue weighted by Crippen LogP contribution is 2.29. The first kappa shape index (κ1) is 10.9. The van der Waals surface area contributed by atoms with E-state index in [0.717, 1.165) is 24.8 Å². The number of nitrogens with two attached hydrogens (primary N) is 1. The van der Waals surface area contributed by atoms with Crippen molar-refractivity contribution in [3.63, 3.8) is 0 Å². The van der Waals surface area contributed by atoms with E-state index < -0.39 is 12.0 Å². The zero-order chi connectivity index (χ0) is 11.5. The summed E-state index contributed by atoms with van der Waals surface area (Å²) in [5.74, 6) is -0.509. The van der Waals surface area contributed by atoms with E-state index in [1.807, 2.05) is 0 Å². The van der Waals surface area contributed by atoms with E-state index in [9.17, 15) is 9.18 Å². The highest BCUT2D eigenvalue weighted by atomic mass is 19.1. The van der Waals surface area contributed by atoms with Crippen molar-refractivity contribution in [2.24, 2.45) is 5.73 Å². The highest BCUT2D eigenvalue weighted by Gasteiger charge is 2.26. The Kier molecular flexibility index (Phi) is 3.03. The molecule has 1 aromatic rings. The van der Waals surface area contributed by atoms with Crippen LogP contribution in [0.15, 0.2) is 18.3 Å². The molecule has 0 bridgehead atoms. The number of likely N-dealkylation sites (tertiary alicyclic amines) is 1. The summed E-state index contributed by atoms with van der Waals surface area (Å²) < 4.78 is 12.7. The fourth-order valence-corrected chi connectivity index (χ4v) is 2.13. The van der Waals surface area contributed by atoms with E-state index in [1.165, 1.54) is 12.3 Å². The van der Waals surface area contributed by atoms with Gasteiger partial charge in [0.2, 0.25) is 5.95 Å². The molecule has 86 valence electrons. The molecule has 16 heavy (non-hydrogen) atoms. The lowest BCUT2D eigenvalue weighted by atomic mass is 9.97. The molecule has 1 fully saturated rings. The summed E-state index contributed by atoms with van der Waals surface area (Å²) in [5, 5.41) is 0. The third kappa shape index (κ3) is 2.13. The summed E-state index contributed by atoms with van der Waals surface area (Å²) in [4.78, 5) is 16.5. The van der Waals surface area contributed by atoms with Crippen molar-refractivity contribution in [2.45, 2.75) is 25.3 Å². The van der Waals surface area contributed by atoms with Crippen molar-refractivity contribution in [2.75, 3.05) is 6.54 Å². The zero-order valence-electron chi connectivity index (χ0n) is 8.90. The molecular formula is C11H14FN3O. The van der Waals surface area contributed by atoms with E-state index in [4.69, 9.17) is 5.73 Å². The molecule has 1 aliphatic heterocycles. The van der Waals surface area contributed by atoms with Crippen molar-refractivity contribution in [1.82, 2.24) is 9.88 Å². The van der Waals surface area contributed by atoms with Crippen molar-refractivity contribution >= 4 is 6.03 Å². The van der Waals surface area contributed by atoms with Gasteiger partial charge in [0.25, 0.3) is 0 Å². The summed E-state index contributed by atoms with van der Waals surface area (Å²) >= 11 is 0. The van der Waals surface area contributed by atoms with Gasteiger partial charge in [-0.05, 0) is 30.9 Å². The lowest BCUT2D eigenvalue weighted by Crippen LogP contribution is -2.41. The third-order valence-corrected chi connectivity index (χ3v) is 2.92. The van der Waals surface area contributed by atoms with Gasteiger partial charge in [0.15, 0.2) is 0 Å². The molecule has 5 heteroatoms. The number of carbonyl (C=O) groups excluding carboxylic acids is 1. The molecule has 2 N–H and O–H groups in total. The van der Waals surface area contributed by atoms with Crippen LogP contribution in [0.1, 0.15) is 30.9 Å². The molecule has 2 amide bonds. The first-order valence-electron chi connectivity index (χ1n) is 5.36. The van der Waals surface area contributed by atoms with Gasteiger partial charge >= 0.3 is 6.03 Å². The summed E-state index contributed by atoms with van der Waals surface area (Å²) in [7, 11) is 0. The predicted octanol–water partition coefficient (Wildman–Crippen LogP) is 1.83. The lowest BCUT2D eigenvalue weighted by molar-refractivity contribution is 0.159. The first-order chi connectivity index (χ1) is 7.68. The first-order valence-corrected chi connectivity index (χ1v) is 5.36. The van der Waals surface area contributed by atoms with E-state index in [2.05, 4.69) is 4.98 Å². The monoisotopic (exact) mass is 223 g/mol. The molecule has 0 aromatic carbocycles. The van der Waals surface area contributed by atoms with Crippen LogP contribution in [0.5, 0.6) is 0 Å². The Hall–Kier alpha value is -1.65.